The number of benzene rings is 1. The quantitative estimate of drug-likeness (QED) is 0.618. The van der Waals surface area contributed by atoms with Gasteiger partial charge >= 0.3 is 0 Å². The van der Waals surface area contributed by atoms with Crippen LogP contribution < -0.4 is 9.62 Å². The number of carbonyl (C=O) groups excluding carboxylic acids is 1. The summed E-state index contributed by atoms with van der Waals surface area (Å²) in [6.45, 7) is 5.96. The zero-order valence-electron chi connectivity index (χ0n) is 16.8. The molecular formula is C18H27N5O3S2. The van der Waals surface area contributed by atoms with Crippen LogP contribution in [0.15, 0.2) is 29.4 Å². The fraction of sp³-hybridized carbons (Fsp3) is 0.500. The van der Waals surface area contributed by atoms with Crippen molar-refractivity contribution in [3.05, 3.63) is 35.7 Å². The van der Waals surface area contributed by atoms with Gasteiger partial charge in [-0.2, -0.15) is 0 Å². The van der Waals surface area contributed by atoms with E-state index in [1.54, 1.807) is 23.7 Å². The molecule has 10 heteroatoms. The molecule has 1 aromatic carbocycles. The summed E-state index contributed by atoms with van der Waals surface area (Å²) in [6, 6.07) is 7.38. The molecule has 0 aliphatic carbocycles. The van der Waals surface area contributed by atoms with E-state index in [1.807, 2.05) is 32.9 Å². The minimum absolute atomic E-state index is 0.0605. The molecule has 1 amide bonds. The molecule has 8 nitrogen and oxygen atoms in total. The largest absolute Gasteiger partial charge is 0.353 e. The first-order valence-corrected chi connectivity index (χ1v) is 11.8. The van der Waals surface area contributed by atoms with Gasteiger partial charge in [0.2, 0.25) is 15.9 Å². The number of aromatic nitrogens is 3. The van der Waals surface area contributed by atoms with Crippen LogP contribution >= 0.6 is 11.8 Å². The Morgan fingerprint density at radius 3 is 2.50 bits per heavy atom. The Kier molecular flexibility index (Phi) is 7.48. The minimum Gasteiger partial charge on any atom is -0.353 e. The Bertz CT molecular complexity index is 910. The first-order chi connectivity index (χ1) is 13.1. The topological polar surface area (TPSA) is 97.2 Å². The van der Waals surface area contributed by atoms with Crippen LogP contribution in [-0.4, -0.2) is 47.1 Å². The van der Waals surface area contributed by atoms with Crippen LogP contribution in [0.1, 0.15) is 31.7 Å². The van der Waals surface area contributed by atoms with Crippen molar-refractivity contribution in [2.45, 2.75) is 44.9 Å². The Labute approximate surface area is 170 Å². The Morgan fingerprint density at radius 1 is 1.29 bits per heavy atom. The summed E-state index contributed by atoms with van der Waals surface area (Å²) in [5.74, 6) is 0.654. The highest BCUT2D eigenvalue weighted by Gasteiger charge is 2.21. The Hall–Kier alpha value is -2.07. The second-order valence-corrected chi connectivity index (χ2v) is 9.58. The van der Waals surface area contributed by atoms with Crippen molar-refractivity contribution in [1.82, 2.24) is 20.1 Å². The molecule has 0 bridgehead atoms. The van der Waals surface area contributed by atoms with Crippen LogP contribution in [0.3, 0.4) is 0 Å². The van der Waals surface area contributed by atoms with Crippen molar-refractivity contribution < 1.29 is 13.2 Å². The van der Waals surface area contributed by atoms with E-state index in [0.29, 0.717) is 16.7 Å². The second kappa shape index (κ2) is 9.42. The van der Waals surface area contributed by atoms with Gasteiger partial charge in [0.05, 0.1) is 24.2 Å². The van der Waals surface area contributed by atoms with Gasteiger partial charge in [-0.25, -0.2) is 8.42 Å². The summed E-state index contributed by atoms with van der Waals surface area (Å²) in [5.41, 5.74) is 1.61. The highest BCUT2D eigenvalue weighted by Crippen LogP contribution is 2.22. The predicted molar refractivity (Wildman–Crippen MR) is 112 cm³/mol. The lowest BCUT2D eigenvalue weighted by Crippen LogP contribution is -2.33. The molecule has 2 rings (SSSR count). The summed E-state index contributed by atoms with van der Waals surface area (Å²) in [6.07, 6.45) is 2.03. The maximum absolute atomic E-state index is 12.3. The van der Waals surface area contributed by atoms with E-state index in [2.05, 4.69) is 15.5 Å². The van der Waals surface area contributed by atoms with Gasteiger partial charge in [-0.3, -0.25) is 9.10 Å². The van der Waals surface area contributed by atoms with Crippen LogP contribution in [0.2, 0.25) is 0 Å². The molecule has 0 saturated heterocycles. The van der Waals surface area contributed by atoms with E-state index in [1.165, 1.54) is 16.1 Å². The van der Waals surface area contributed by atoms with Crippen molar-refractivity contribution in [3.63, 3.8) is 0 Å². The van der Waals surface area contributed by atoms with Gasteiger partial charge in [0, 0.05) is 13.1 Å². The standard InChI is InChI=1S/C18H27N5O3S2/c1-6-14(3)19-17(24)12-27-18-21-20-16(22(18)4)11-23(28(5,25)26)15-9-7-13(2)8-10-15/h7-10,14H,6,11-12H2,1-5H3,(H,19,24)/t14-/m0/s1. The average molecular weight is 426 g/mol. The van der Waals surface area contributed by atoms with E-state index in [0.717, 1.165) is 18.2 Å². The van der Waals surface area contributed by atoms with Crippen molar-refractivity contribution in [1.29, 1.82) is 0 Å². The van der Waals surface area contributed by atoms with Gasteiger partial charge in [-0.1, -0.05) is 36.4 Å². The smallest absolute Gasteiger partial charge is 0.232 e. The number of sulfonamides is 1. The lowest BCUT2D eigenvalue weighted by atomic mass is 10.2. The monoisotopic (exact) mass is 425 g/mol. The predicted octanol–water partition coefficient (Wildman–Crippen LogP) is 2.10. The first-order valence-electron chi connectivity index (χ1n) is 8.96. The number of aryl methyl sites for hydroxylation is 1. The summed E-state index contributed by atoms with van der Waals surface area (Å²) < 4.78 is 27.6. The van der Waals surface area contributed by atoms with Crippen LogP contribution in [0, 0.1) is 6.92 Å². The third-order valence-corrected chi connectivity index (χ3v) is 6.45. The zero-order valence-corrected chi connectivity index (χ0v) is 18.5. The molecular weight excluding hydrogens is 398 g/mol. The number of anilines is 1. The molecule has 28 heavy (non-hydrogen) atoms. The number of nitrogens with one attached hydrogen (secondary N) is 1. The molecule has 2 aromatic rings. The van der Waals surface area contributed by atoms with E-state index in [-0.39, 0.29) is 24.2 Å². The molecule has 0 fully saturated rings. The lowest BCUT2D eigenvalue weighted by Gasteiger charge is -2.22. The molecule has 154 valence electrons. The third-order valence-electron chi connectivity index (χ3n) is 4.28. The van der Waals surface area contributed by atoms with Gasteiger partial charge in [-0.15, -0.1) is 10.2 Å². The van der Waals surface area contributed by atoms with Gasteiger partial charge in [0.1, 0.15) is 0 Å². The number of rotatable bonds is 9. The maximum atomic E-state index is 12.3. The molecule has 1 atom stereocenters. The molecule has 0 aliphatic rings. The van der Waals surface area contributed by atoms with Gasteiger partial charge in [0.25, 0.3) is 0 Å². The number of hydrogen-bond donors (Lipinski definition) is 1. The van der Waals surface area contributed by atoms with Crippen molar-refractivity contribution in [2.75, 3.05) is 16.3 Å². The molecule has 1 N–H and O–H groups in total. The second-order valence-electron chi connectivity index (χ2n) is 6.73. The van der Waals surface area contributed by atoms with Gasteiger partial charge in [0.15, 0.2) is 11.0 Å². The number of thioether (sulfide) groups is 1. The van der Waals surface area contributed by atoms with Crippen LogP contribution in [0.25, 0.3) is 0 Å². The molecule has 0 aliphatic heterocycles. The molecule has 1 aromatic heterocycles. The summed E-state index contributed by atoms with van der Waals surface area (Å²) in [5, 5.41) is 11.7. The highest BCUT2D eigenvalue weighted by molar-refractivity contribution is 7.99. The maximum Gasteiger partial charge on any atom is 0.232 e. The summed E-state index contributed by atoms with van der Waals surface area (Å²) in [4.78, 5) is 11.9. The third kappa shape index (κ3) is 5.96. The molecule has 0 spiro atoms. The van der Waals surface area contributed by atoms with Crippen LogP contribution in [-0.2, 0) is 28.4 Å². The Balaban J connectivity index is 2.13. The number of amides is 1. The van der Waals surface area contributed by atoms with Crippen molar-refractivity contribution >= 4 is 33.4 Å². The molecule has 1 heterocycles. The van der Waals surface area contributed by atoms with Gasteiger partial charge in [-0.05, 0) is 32.4 Å². The fourth-order valence-electron chi connectivity index (χ4n) is 2.40. The van der Waals surface area contributed by atoms with Crippen LogP contribution in [0.4, 0.5) is 5.69 Å². The SMILES string of the molecule is CC[C@H](C)NC(=O)CSc1nnc(CN(c2ccc(C)cc2)S(C)(=O)=O)n1C. The van der Waals surface area contributed by atoms with Crippen LogP contribution in [0.5, 0.6) is 0 Å². The van der Waals surface area contributed by atoms with E-state index >= 15 is 0 Å². The minimum atomic E-state index is -3.50. The van der Waals surface area contributed by atoms with E-state index in [4.69, 9.17) is 0 Å². The van der Waals surface area contributed by atoms with E-state index in [9.17, 15) is 13.2 Å². The highest BCUT2D eigenvalue weighted by atomic mass is 32.2. The van der Waals surface area contributed by atoms with Crippen molar-refractivity contribution in [2.24, 2.45) is 7.05 Å². The summed E-state index contributed by atoms with van der Waals surface area (Å²) in [7, 11) is -1.73. The number of carbonyl (C=O) groups is 1. The number of nitrogens with zero attached hydrogens (tertiary/aromatic N) is 4. The number of hydrogen-bond acceptors (Lipinski definition) is 6. The average Bonchev–Trinajstić information content (AvgIpc) is 2.97. The summed E-state index contributed by atoms with van der Waals surface area (Å²) >= 11 is 1.27. The molecule has 0 unspecified atom stereocenters. The molecule has 0 radical (unpaired) electrons. The zero-order chi connectivity index (χ0) is 20.9. The Morgan fingerprint density at radius 2 is 1.93 bits per heavy atom. The first kappa shape index (κ1) is 22.2. The van der Waals surface area contributed by atoms with Gasteiger partial charge < -0.3 is 9.88 Å². The molecule has 0 saturated carbocycles. The fourth-order valence-corrected chi connectivity index (χ4v) is 3.99. The van der Waals surface area contributed by atoms with E-state index < -0.39 is 10.0 Å². The lowest BCUT2D eigenvalue weighted by molar-refractivity contribution is -0.119. The van der Waals surface area contributed by atoms with Crippen molar-refractivity contribution in [3.8, 4) is 0 Å². The normalized spacial score (nSPS) is 12.6.